The fraction of sp³-hybridized carbons (Fsp3) is 0.579. The molecule has 1 aliphatic carbocycles. The number of hydrogen-bond donors (Lipinski definition) is 0. The number of para-hydroxylation sites is 1. The molecule has 1 spiro atoms. The molecule has 2 fully saturated rings. The van der Waals surface area contributed by atoms with Crippen molar-refractivity contribution in [2.24, 2.45) is 0 Å². The molecule has 1 unspecified atom stereocenters. The molecule has 112 valence electrons. The molecule has 0 N–H and O–H groups in total. The molecule has 1 saturated carbocycles. The summed E-state index contributed by atoms with van der Waals surface area (Å²) in [7, 11) is 0. The molecule has 2 aliphatic rings. The van der Waals surface area contributed by atoms with Crippen LogP contribution in [0.3, 0.4) is 0 Å². The van der Waals surface area contributed by atoms with Crippen molar-refractivity contribution in [1.82, 2.24) is 4.57 Å². The summed E-state index contributed by atoms with van der Waals surface area (Å²) in [5.74, 6) is 0. The van der Waals surface area contributed by atoms with Gasteiger partial charge in [0.05, 0.1) is 11.7 Å². The van der Waals surface area contributed by atoms with E-state index in [0.717, 1.165) is 6.54 Å². The van der Waals surface area contributed by atoms with Crippen LogP contribution < -0.4 is 0 Å². The normalized spacial score (nSPS) is 24.9. The van der Waals surface area contributed by atoms with E-state index in [1.807, 2.05) is 0 Å². The van der Waals surface area contributed by atoms with Crippen LogP contribution in [-0.2, 0) is 11.3 Å². The Balaban J connectivity index is 1.54. The Morgan fingerprint density at radius 3 is 2.81 bits per heavy atom. The van der Waals surface area contributed by atoms with E-state index in [4.69, 9.17) is 4.74 Å². The second-order valence-electron chi connectivity index (χ2n) is 6.98. The van der Waals surface area contributed by atoms with E-state index in [1.54, 1.807) is 0 Å². The van der Waals surface area contributed by atoms with Crippen LogP contribution in [0.15, 0.2) is 30.3 Å². The van der Waals surface area contributed by atoms with Gasteiger partial charge in [0, 0.05) is 17.8 Å². The largest absolute Gasteiger partial charge is 0.370 e. The lowest BCUT2D eigenvalue weighted by atomic mass is 9.83. The lowest BCUT2D eigenvalue weighted by Gasteiger charge is -2.33. The van der Waals surface area contributed by atoms with E-state index < -0.39 is 0 Å². The van der Waals surface area contributed by atoms with Crippen molar-refractivity contribution in [3.8, 4) is 0 Å². The molecule has 2 heterocycles. The van der Waals surface area contributed by atoms with Gasteiger partial charge in [-0.2, -0.15) is 0 Å². The van der Waals surface area contributed by atoms with E-state index in [9.17, 15) is 0 Å². The van der Waals surface area contributed by atoms with Gasteiger partial charge in [-0.25, -0.2) is 0 Å². The molecule has 0 bridgehead atoms. The van der Waals surface area contributed by atoms with Crippen LogP contribution in [-0.4, -0.2) is 16.3 Å². The molecular weight excluding hydrogens is 258 g/mol. The van der Waals surface area contributed by atoms with Crippen LogP contribution in [0.2, 0.25) is 0 Å². The zero-order valence-corrected chi connectivity index (χ0v) is 13.0. The van der Waals surface area contributed by atoms with Crippen LogP contribution in [0.25, 0.3) is 10.9 Å². The molecule has 0 amide bonds. The van der Waals surface area contributed by atoms with Crippen molar-refractivity contribution in [3.05, 3.63) is 36.0 Å². The van der Waals surface area contributed by atoms with E-state index in [-0.39, 0.29) is 5.60 Å². The molecule has 2 aromatic rings. The minimum atomic E-state index is 0.236. The van der Waals surface area contributed by atoms with Gasteiger partial charge in [-0.1, -0.05) is 37.5 Å². The number of aromatic nitrogens is 1. The summed E-state index contributed by atoms with van der Waals surface area (Å²) in [5.41, 5.74) is 2.94. The number of benzene rings is 1. The molecule has 4 rings (SSSR count). The average Bonchev–Trinajstić information content (AvgIpc) is 3.03. The quantitative estimate of drug-likeness (QED) is 0.770. The zero-order chi connectivity index (χ0) is 14.3. The minimum absolute atomic E-state index is 0.236. The van der Waals surface area contributed by atoms with Crippen molar-refractivity contribution in [1.29, 1.82) is 0 Å². The molecule has 21 heavy (non-hydrogen) atoms. The van der Waals surface area contributed by atoms with Crippen molar-refractivity contribution < 1.29 is 4.74 Å². The predicted octanol–water partition coefficient (Wildman–Crippen LogP) is 4.83. The summed E-state index contributed by atoms with van der Waals surface area (Å²) in [5, 5.41) is 1.35. The number of aryl methyl sites for hydroxylation is 1. The Bertz CT molecular complexity index is 636. The summed E-state index contributed by atoms with van der Waals surface area (Å²) in [6.07, 6.45) is 9.59. The third-order valence-corrected chi connectivity index (χ3v) is 5.51. The summed E-state index contributed by atoms with van der Waals surface area (Å²) >= 11 is 0. The first-order chi connectivity index (χ1) is 10.3. The fourth-order valence-corrected chi connectivity index (χ4v) is 4.38. The monoisotopic (exact) mass is 283 g/mol. The van der Waals surface area contributed by atoms with Gasteiger partial charge in [0.2, 0.25) is 0 Å². The average molecular weight is 283 g/mol. The Labute approximate surface area is 127 Å². The Morgan fingerprint density at radius 1 is 1.14 bits per heavy atom. The smallest absolute Gasteiger partial charge is 0.0762 e. The van der Waals surface area contributed by atoms with Gasteiger partial charge in [-0.3, -0.25) is 0 Å². The molecule has 2 heteroatoms. The molecule has 1 aliphatic heterocycles. The Hall–Kier alpha value is -1.28. The third-order valence-electron chi connectivity index (χ3n) is 5.51. The SMILES string of the molecule is Cc1cc2ccccc2n1CC1CCC2(CCCCC2)O1. The first-order valence-electron chi connectivity index (χ1n) is 8.49. The molecule has 0 radical (unpaired) electrons. The fourth-order valence-electron chi connectivity index (χ4n) is 4.38. The van der Waals surface area contributed by atoms with Gasteiger partial charge in [-0.15, -0.1) is 0 Å². The zero-order valence-electron chi connectivity index (χ0n) is 13.0. The predicted molar refractivity (Wildman–Crippen MR) is 86.6 cm³/mol. The van der Waals surface area contributed by atoms with E-state index in [0.29, 0.717) is 6.10 Å². The first kappa shape index (κ1) is 13.4. The van der Waals surface area contributed by atoms with Gasteiger partial charge in [-0.05, 0) is 50.1 Å². The number of rotatable bonds is 2. The molecule has 1 saturated heterocycles. The van der Waals surface area contributed by atoms with Gasteiger partial charge < -0.3 is 9.30 Å². The Morgan fingerprint density at radius 2 is 1.95 bits per heavy atom. The molecule has 1 aromatic carbocycles. The van der Waals surface area contributed by atoms with Crippen molar-refractivity contribution >= 4 is 10.9 Å². The highest BCUT2D eigenvalue weighted by molar-refractivity contribution is 5.81. The summed E-state index contributed by atoms with van der Waals surface area (Å²) < 4.78 is 8.99. The van der Waals surface area contributed by atoms with E-state index in [1.165, 1.54) is 61.5 Å². The van der Waals surface area contributed by atoms with E-state index in [2.05, 4.69) is 41.8 Å². The van der Waals surface area contributed by atoms with Crippen molar-refractivity contribution in [2.75, 3.05) is 0 Å². The third kappa shape index (κ3) is 2.40. The lowest BCUT2D eigenvalue weighted by Crippen LogP contribution is -2.32. The van der Waals surface area contributed by atoms with Crippen molar-refractivity contribution in [2.45, 2.75) is 70.1 Å². The summed E-state index contributed by atoms with van der Waals surface area (Å²) in [6, 6.07) is 11.0. The van der Waals surface area contributed by atoms with Crippen LogP contribution in [0.4, 0.5) is 0 Å². The van der Waals surface area contributed by atoms with Gasteiger partial charge in [0.15, 0.2) is 0 Å². The van der Waals surface area contributed by atoms with Gasteiger partial charge >= 0.3 is 0 Å². The van der Waals surface area contributed by atoms with Gasteiger partial charge in [0.1, 0.15) is 0 Å². The summed E-state index contributed by atoms with van der Waals surface area (Å²) in [4.78, 5) is 0. The summed E-state index contributed by atoms with van der Waals surface area (Å²) in [6.45, 7) is 3.23. The van der Waals surface area contributed by atoms with E-state index >= 15 is 0 Å². The Kier molecular flexibility index (Phi) is 3.30. The van der Waals surface area contributed by atoms with Gasteiger partial charge in [0.25, 0.3) is 0 Å². The maximum atomic E-state index is 6.55. The lowest BCUT2D eigenvalue weighted by molar-refractivity contribution is -0.0677. The highest BCUT2D eigenvalue weighted by Gasteiger charge is 2.40. The first-order valence-corrected chi connectivity index (χ1v) is 8.49. The van der Waals surface area contributed by atoms with Crippen molar-refractivity contribution in [3.63, 3.8) is 0 Å². The second kappa shape index (κ2) is 5.17. The number of hydrogen-bond acceptors (Lipinski definition) is 1. The highest BCUT2D eigenvalue weighted by Crippen LogP contribution is 2.42. The maximum Gasteiger partial charge on any atom is 0.0762 e. The molecule has 2 nitrogen and oxygen atoms in total. The highest BCUT2D eigenvalue weighted by atomic mass is 16.5. The van der Waals surface area contributed by atoms with Crippen LogP contribution in [0.1, 0.15) is 50.6 Å². The minimum Gasteiger partial charge on any atom is -0.370 e. The topological polar surface area (TPSA) is 14.2 Å². The molecule has 1 atom stereocenters. The maximum absolute atomic E-state index is 6.55. The van der Waals surface area contributed by atoms with Crippen LogP contribution in [0, 0.1) is 6.92 Å². The molecular formula is C19H25NO. The molecule has 1 aromatic heterocycles. The number of ether oxygens (including phenoxy) is 1. The standard InChI is InChI=1S/C19H25NO/c1-15-13-16-7-3-4-8-18(16)20(15)14-17-9-12-19(21-17)10-5-2-6-11-19/h3-4,7-8,13,17H,2,5-6,9-12,14H2,1H3. The second-order valence-corrected chi connectivity index (χ2v) is 6.98. The van der Waals surface area contributed by atoms with Crippen LogP contribution in [0.5, 0.6) is 0 Å². The van der Waals surface area contributed by atoms with Crippen LogP contribution >= 0.6 is 0 Å². The number of fused-ring (bicyclic) bond motifs is 1. The number of nitrogens with zero attached hydrogens (tertiary/aromatic N) is 1.